The van der Waals surface area contributed by atoms with Gasteiger partial charge in [-0.1, -0.05) is 20.8 Å². The van der Waals surface area contributed by atoms with Crippen molar-refractivity contribution in [1.82, 2.24) is 9.80 Å². The van der Waals surface area contributed by atoms with Crippen LogP contribution in [0.1, 0.15) is 52.9 Å². The summed E-state index contributed by atoms with van der Waals surface area (Å²) in [5.74, 6) is 0. The normalized spacial score (nSPS) is 27.8. The fourth-order valence-corrected chi connectivity index (χ4v) is 4.10. The van der Waals surface area contributed by atoms with E-state index in [0.717, 1.165) is 6.54 Å². The van der Waals surface area contributed by atoms with Crippen LogP contribution in [0.25, 0.3) is 0 Å². The molecule has 0 unspecified atom stereocenters. The first-order valence-corrected chi connectivity index (χ1v) is 8.31. The number of likely N-dealkylation sites (tertiary alicyclic amines) is 2. The molecule has 0 amide bonds. The van der Waals surface area contributed by atoms with E-state index < -0.39 is 0 Å². The van der Waals surface area contributed by atoms with E-state index in [4.69, 9.17) is 5.73 Å². The molecule has 3 nitrogen and oxygen atoms in total. The molecule has 0 aromatic rings. The van der Waals surface area contributed by atoms with Gasteiger partial charge in [0.1, 0.15) is 0 Å². The van der Waals surface area contributed by atoms with Crippen molar-refractivity contribution < 1.29 is 0 Å². The summed E-state index contributed by atoms with van der Waals surface area (Å²) in [7, 11) is 0. The molecule has 0 spiro atoms. The average Bonchev–Trinajstić information content (AvgIpc) is 2.93. The third-order valence-corrected chi connectivity index (χ3v) is 6.22. The molecule has 112 valence electrons. The predicted molar refractivity (Wildman–Crippen MR) is 82.3 cm³/mol. The second kappa shape index (κ2) is 6.11. The van der Waals surface area contributed by atoms with Crippen molar-refractivity contribution in [3.63, 3.8) is 0 Å². The lowest BCUT2D eigenvalue weighted by Gasteiger charge is -2.47. The Morgan fingerprint density at radius 2 is 1.58 bits per heavy atom. The van der Waals surface area contributed by atoms with Crippen LogP contribution in [-0.4, -0.2) is 54.6 Å². The Bertz CT molecular complexity index is 278. The molecule has 2 heterocycles. The first-order valence-electron chi connectivity index (χ1n) is 8.31. The monoisotopic (exact) mass is 267 g/mol. The molecule has 0 aromatic heterocycles. The van der Waals surface area contributed by atoms with Crippen LogP contribution in [0.3, 0.4) is 0 Å². The number of rotatable bonds is 5. The van der Waals surface area contributed by atoms with Crippen LogP contribution in [0, 0.1) is 5.41 Å². The van der Waals surface area contributed by atoms with E-state index >= 15 is 0 Å². The van der Waals surface area contributed by atoms with Gasteiger partial charge in [0.15, 0.2) is 0 Å². The van der Waals surface area contributed by atoms with Crippen LogP contribution in [-0.2, 0) is 0 Å². The highest BCUT2D eigenvalue weighted by Gasteiger charge is 2.45. The highest BCUT2D eigenvalue weighted by Crippen LogP contribution is 2.42. The van der Waals surface area contributed by atoms with Gasteiger partial charge in [-0.3, -0.25) is 4.90 Å². The topological polar surface area (TPSA) is 32.5 Å². The van der Waals surface area contributed by atoms with Crippen LogP contribution in [0.15, 0.2) is 0 Å². The van der Waals surface area contributed by atoms with E-state index in [-0.39, 0.29) is 0 Å². The smallest absolute Gasteiger partial charge is 0.0356 e. The Morgan fingerprint density at radius 3 is 2.00 bits per heavy atom. The number of nitrogens with zero attached hydrogens (tertiary/aromatic N) is 2. The molecular formula is C16H33N3. The molecule has 2 aliphatic heterocycles. The molecule has 2 saturated heterocycles. The molecule has 0 saturated carbocycles. The third-order valence-electron chi connectivity index (χ3n) is 6.22. The maximum absolute atomic E-state index is 6.22. The first kappa shape index (κ1) is 15.3. The van der Waals surface area contributed by atoms with Crippen LogP contribution in [0.5, 0.6) is 0 Å². The van der Waals surface area contributed by atoms with Crippen molar-refractivity contribution >= 4 is 0 Å². The SMILES string of the molecule is CCN1CCC(CN)(N2CCC(CC)(CC)C2)CC1. The lowest BCUT2D eigenvalue weighted by atomic mass is 9.81. The van der Waals surface area contributed by atoms with E-state index in [0.29, 0.717) is 11.0 Å². The first-order chi connectivity index (χ1) is 9.13. The predicted octanol–water partition coefficient (Wildman–Crippen LogP) is 2.31. The van der Waals surface area contributed by atoms with E-state index in [1.807, 2.05) is 0 Å². The maximum atomic E-state index is 6.22. The van der Waals surface area contributed by atoms with E-state index in [2.05, 4.69) is 30.6 Å². The third kappa shape index (κ3) is 2.84. The van der Waals surface area contributed by atoms with Gasteiger partial charge in [-0.2, -0.15) is 0 Å². The summed E-state index contributed by atoms with van der Waals surface area (Å²) in [5, 5.41) is 0. The Balaban J connectivity index is 2.03. The van der Waals surface area contributed by atoms with Crippen LogP contribution in [0.2, 0.25) is 0 Å². The van der Waals surface area contributed by atoms with Gasteiger partial charge in [0.25, 0.3) is 0 Å². The Labute approximate surface area is 119 Å². The lowest BCUT2D eigenvalue weighted by Crippen LogP contribution is -2.59. The van der Waals surface area contributed by atoms with Crippen molar-refractivity contribution in [2.45, 2.75) is 58.4 Å². The summed E-state index contributed by atoms with van der Waals surface area (Å²) in [4.78, 5) is 5.32. The van der Waals surface area contributed by atoms with Crippen molar-refractivity contribution in [1.29, 1.82) is 0 Å². The summed E-state index contributed by atoms with van der Waals surface area (Å²) in [6.45, 7) is 14.0. The highest BCUT2D eigenvalue weighted by molar-refractivity contribution is 5.01. The van der Waals surface area contributed by atoms with Gasteiger partial charge in [0, 0.05) is 18.6 Å². The van der Waals surface area contributed by atoms with Gasteiger partial charge in [-0.05, 0) is 63.7 Å². The molecule has 0 aromatic carbocycles. The second-order valence-electron chi connectivity index (χ2n) is 6.74. The van der Waals surface area contributed by atoms with E-state index in [9.17, 15) is 0 Å². The summed E-state index contributed by atoms with van der Waals surface area (Å²) in [5.41, 5.74) is 7.09. The number of nitrogens with two attached hydrogens (primary N) is 1. The summed E-state index contributed by atoms with van der Waals surface area (Å²) >= 11 is 0. The minimum Gasteiger partial charge on any atom is -0.329 e. The fraction of sp³-hybridized carbons (Fsp3) is 1.00. The van der Waals surface area contributed by atoms with Gasteiger partial charge < -0.3 is 10.6 Å². The highest BCUT2D eigenvalue weighted by atomic mass is 15.3. The molecule has 0 aliphatic carbocycles. The molecule has 0 bridgehead atoms. The molecule has 2 aliphatic rings. The minimum absolute atomic E-state index is 0.303. The lowest BCUT2D eigenvalue weighted by molar-refractivity contribution is 0.0357. The molecular weight excluding hydrogens is 234 g/mol. The Kier molecular flexibility index (Phi) is 4.91. The molecule has 3 heteroatoms. The molecule has 2 fully saturated rings. The van der Waals surface area contributed by atoms with E-state index in [1.165, 1.54) is 64.8 Å². The van der Waals surface area contributed by atoms with Crippen molar-refractivity contribution in [2.75, 3.05) is 39.3 Å². The van der Waals surface area contributed by atoms with Crippen LogP contribution in [0.4, 0.5) is 0 Å². The quantitative estimate of drug-likeness (QED) is 0.830. The van der Waals surface area contributed by atoms with Crippen molar-refractivity contribution in [2.24, 2.45) is 11.1 Å². The minimum atomic E-state index is 0.303. The zero-order chi connectivity index (χ0) is 13.9. The van der Waals surface area contributed by atoms with Crippen LogP contribution < -0.4 is 5.73 Å². The molecule has 2 N–H and O–H groups in total. The maximum Gasteiger partial charge on any atom is 0.0356 e. The average molecular weight is 267 g/mol. The van der Waals surface area contributed by atoms with Crippen molar-refractivity contribution in [3.05, 3.63) is 0 Å². The fourth-order valence-electron chi connectivity index (χ4n) is 4.10. The second-order valence-corrected chi connectivity index (χ2v) is 6.74. The summed E-state index contributed by atoms with van der Waals surface area (Å²) in [6.07, 6.45) is 6.55. The van der Waals surface area contributed by atoms with Gasteiger partial charge in [-0.25, -0.2) is 0 Å². The van der Waals surface area contributed by atoms with Crippen molar-refractivity contribution in [3.8, 4) is 0 Å². The molecule has 2 rings (SSSR count). The summed E-state index contributed by atoms with van der Waals surface area (Å²) in [6, 6.07) is 0. The molecule has 0 radical (unpaired) electrons. The largest absolute Gasteiger partial charge is 0.329 e. The zero-order valence-electron chi connectivity index (χ0n) is 13.2. The standard InChI is InChI=1S/C16H33N3/c1-4-15(5-2)7-12-19(14-15)16(13-17)8-10-18(6-3)11-9-16/h4-14,17H2,1-3H3. The molecule has 19 heavy (non-hydrogen) atoms. The van der Waals surface area contributed by atoms with Gasteiger partial charge >= 0.3 is 0 Å². The Hall–Kier alpha value is -0.120. The number of piperidine rings is 1. The zero-order valence-corrected chi connectivity index (χ0v) is 13.2. The van der Waals surface area contributed by atoms with E-state index in [1.54, 1.807) is 0 Å². The summed E-state index contributed by atoms with van der Waals surface area (Å²) < 4.78 is 0. The molecule has 0 atom stereocenters. The Morgan fingerprint density at radius 1 is 0.947 bits per heavy atom. The van der Waals surface area contributed by atoms with Gasteiger partial charge in [0.05, 0.1) is 0 Å². The van der Waals surface area contributed by atoms with Gasteiger partial charge in [-0.15, -0.1) is 0 Å². The number of hydrogen-bond donors (Lipinski definition) is 1. The number of hydrogen-bond acceptors (Lipinski definition) is 3. The van der Waals surface area contributed by atoms with Gasteiger partial charge in [0.2, 0.25) is 0 Å². The van der Waals surface area contributed by atoms with Crippen LogP contribution >= 0.6 is 0 Å².